The average Bonchev–Trinajstić information content (AvgIpc) is 2.40. The number of aromatic carboxylic acids is 1. The van der Waals surface area contributed by atoms with Crippen LogP contribution in [0.25, 0.3) is 0 Å². The molecule has 0 amide bonds. The molecule has 0 unspecified atom stereocenters. The van der Waals surface area contributed by atoms with Crippen molar-refractivity contribution in [2.45, 2.75) is 13.8 Å². The smallest absolute Gasteiger partial charge is 0.337 e. The van der Waals surface area contributed by atoms with Crippen LogP contribution in [0.3, 0.4) is 0 Å². The van der Waals surface area contributed by atoms with Crippen molar-refractivity contribution in [2.75, 3.05) is 5.32 Å². The maximum atomic E-state index is 11.2. The Labute approximate surface area is 116 Å². The van der Waals surface area contributed by atoms with E-state index in [0.717, 1.165) is 16.8 Å². The van der Waals surface area contributed by atoms with E-state index in [-0.39, 0.29) is 5.56 Å². The second kappa shape index (κ2) is 5.33. The number of anilines is 2. The van der Waals surface area contributed by atoms with E-state index in [1.807, 2.05) is 19.9 Å². The average molecular weight is 276 g/mol. The van der Waals surface area contributed by atoms with E-state index in [1.165, 1.54) is 0 Å². The van der Waals surface area contributed by atoms with Gasteiger partial charge in [0.15, 0.2) is 0 Å². The minimum Gasteiger partial charge on any atom is -0.478 e. The summed E-state index contributed by atoms with van der Waals surface area (Å²) in [6.45, 7) is 3.89. The van der Waals surface area contributed by atoms with Crippen LogP contribution in [-0.2, 0) is 0 Å². The van der Waals surface area contributed by atoms with Gasteiger partial charge in [0, 0.05) is 10.7 Å². The van der Waals surface area contributed by atoms with E-state index < -0.39 is 5.97 Å². The van der Waals surface area contributed by atoms with Crippen LogP contribution in [0.4, 0.5) is 11.4 Å². The predicted molar refractivity (Wildman–Crippen MR) is 77.6 cm³/mol. The Kier molecular flexibility index (Phi) is 3.76. The highest BCUT2D eigenvalue weighted by molar-refractivity contribution is 6.31. The molecule has 0 radical (unpaired) electrons. The first-order valence-corrected chi connectivity index (χ1v) is 6.23. The summed E-state index contributed by atoms with van der Waals surface area (Å²) in [7, 11) is 0. The number of benzene rings is 2. The number of nitrogens with one attached hydrogen (secondary N) is 1. The van der Waals surface area contributed by atoms with Crippen LogP contribution in [0.2, 0.25) is 5.02 Å². The quantitative estimate of drug-likeness (QED) is 0.873. The van der Waals surface area contributed by atoms with Crippen molar-refractivity contribution < 1.29 is 9.90 Å². The van der Waals surface area contributed by atoms with Gasteiger partial charge in [-0.05, 0) is 49.2 Å². The Morgan fingerprint density at radius 3 is 2.42 bits per heavy atom. The fourth-order valence-electron chi connectivity index (χ4n) is 1.85. The molecule has 0 saturated carbocycles. The lowest BCUT2D eigenvalue weighted by molar-refractivity contribution is 0.0698. The number of para-hydroxylation sites is 1. The minimum atomic E-state index is -0.952. The SMILES string of the molecule is Cc1c(Cl)ccc(Nc2ccccc2C(=O)O)c1C. The summed E-state index contributed by atoms with van der Waals surface area (Å²) in [5.41, 5.74) is 3.66. The molecule has 0 aliphatic rings. The molecular weight excluding hydrogens is 262 g/mol. The molecule has 0 bridgehead atoms. The lowest BCUT2D eigenvalue weighted by atomic mass is 10.1. The number of rotatable bonds is 3. The molecule has 2 aromatic rings. The van der Waals surface area contributed by atoms with Gasteiger partial charge in [0.25, 0.3) is 0 Å². The second-order valence-corrected chi connectivity index (χ2v) is 4.73. The highest BCUT2D eigenvalue weighted by Gasteiger charge is 2.11. The molecule has 0 saturated heterocycles. The summed E-state index contributed by atoms with van der Waals surface area (Å²) in [6.07, 6.45) is 0. The Hall–Kier alpha value is -2.00. The first-order valence-electron chi connectivity index (χ1n) is 5.85. The van der Waals surface area contributed by atoms with Crippen molar-refractivity contribution in [3.05, 3.63) is 58.1 Å². The highest BCUT2D eigenvalue weighted by atomic mass is 35.5. The minimum absolute atomic E-state index is 0.245. The van der Waals surface area contributed by atoms with E-state index >= 15 is 0 Å². The first-order chi connectivity index (χ1) is 9.00. The third-order valence-corrected chi connectivity index (χ3v) is 3.56. The third kappa shape index (κ3) is 2.71. The van der Waals surface area contributed by atoms with E-state index in [1.54, 1.807) is 30.3 Å². The number of hydrogen-bond donors (Lipinski definition) is 2. The van der Waals surface area contributed by atoms with E-state index in [9.17, 15) is 4.79 Å². The van der Waals surface area contributed by atoms with E-state index in [4.69, 9.17) is 16.7 Å². The number of carboxylic acid groups (broad SMARTS) is 1. The summed E-state index contributed by atoms with van der Waals surface area (Å²) in [5.74, 6) is -0.952. The van der Waals surface area contributed by atoms with Gasteiger partial charge in [-0.1, -0.05) is 23.7 Å². The van der Waals surface area contributed by atoms with Gasteiger partial charge in [0.05, 0.1) is 11.3 Å². The fourth-order valence-corrected chi connectivity index (χ4v) is 2.05. The number of carbonyl (C=O) groups is 1. The molecule has 0 heterocycles. The summed E-state index contributed by atoms with van der Waals surface area (Å²) in [4.78, 5) is 11.2. The number of carboxylic acids is 1. The van der Waals surface area contributed by atoms with Gasteiger partial charge in [-0.3, -0.25) is 0 Å². The lowest BCUT2D eigenvalue weighted by Gasteiger charge is -2.14. The van der Waals surface area contributed by atoms with Gasteiger partial charge in [0.1, 0.15) is 0 Å². The molecule has 19 heavy (non-hydrogen) atoms. The molecule has 3 nitrogen and oxygen atoms in total. The van der Waals surface area contributed by atoms with Gasteiger partial charge >= 0.3 is 5.97 Å². The summed E-state index contributed by atoms with van der Waals surface area (Å²) in [5, 5.41) is 13.0. The molecule has 0 aliphatic carbocycles. The Bertz CT molecular complexity index is 638. The van der Waals surface area contributed by atoms with Gasteiger partial charge in [-0.15, -0.1) is 0 Å². The molecule has 2 rings (SSSR count). The summed E-state index contributed by atoms with van der Waals surface area (Å²) >= 11 is 6.05. The molecule has 0 aliphatic heterocycles. The van der Waals surface area contributed by atoms with E-state index in [2.05, 4.69) is 5.32 Å². The standard InChI is InChI=1S/C15H14ClNO2/c1-9-10(2)13(8-7-12(9)16)17-14-6-4-3-5-11(14)15(18)19/h3-8,17H,1-2H3,(H,18,19). The molecule has 0 atom stereocenters. The molecule has 2 aromatic carbocycles. The number of halogens is 1. The third-order valence-electron chi connectivity index (χ3n) is 3.15. The lowest BCUT2D eigenvalue weighted by Crippen LogP contribution is -2.03. The Balaban J connectivity index is 2.42. The summed E-state index contributed by atoms with van der Waals surface area (Å²) in [6, 6.07) is 10.5. The van der Waals surface area contributed by atoms with Crippen molar-refractivity contribution in [1.82, 2.24) is 0 Å². The van der Waals surface area contributed by atoms with Crippen LogP contribution < -0.4 is 5.32 Å². The normalized spacial score (nSPS) is 10.3. The molecular formula is C15H14ClNO2. The Morgan fingerprint density at radius 1 is 1.05 bits per heavy atom. The molecule has 4 heteroatoms. The summed E-state index contributed by atoms with van der Waals surface area (Å²) < 4.78 is 0. The molecule has 98 valence electrons. The van der Waals surface area contributed by atoms with E-state index in [0.29, 0.717) is 10.7 Å². The van der Waals surface area contributed by atoms with Crippen LogP contribution in [0.1, 0.15) is 21.5 Å². The second-order valence-electron chi connectivity index (χ2n) is 4.32. The molecule has 0 spiro atoms. The predicted octanol–water partition coefficient (Wildman–Crippen LogP) is 4.40. The largest absolute Gasteiger partial charge is 0.478 e. The molecule has 2 N–H and O–H groups in total. The van der Waals surface area contributed by atoms with Crippen LogP contribution >= 0.6 is 11.6 Å². The number of hydrogen-bond acceptors (Lipinski definition) is 2. The van der Waals surface area contributed by atoms with Crippen LogP contribution in [0.15, 0.2) is 36.4 Å². The van der Waals surface area contributed by atoms with Crippen LogP contribution in [0.5, 0.6) is 0 Å². The van der Waals surface area contributed by atoms with Gasteiger partial charge < -0.3 is 10.4 Å². The van der Waals surface area contributed by atoms with Crippen molar-refractivity contribution in [1.29, 1.82) is 0 Å². The van der Waals surface area contributed by atoms with Crippen molar-refractivity contribution in [3.63, 3.8) is 0 Å². The zero-order chi connectivity index (χ0) is 14.0. The van der Waals surface area contributed by atoms with Gasteiger partial charge in [-0.2, -0.15) is 0 Å². The molecule has 0 aromatic heterocycles. The first kappa shape index (κ1) is 13.4. The fraction of sp³-hybridized carbons (Fsp3) is 0.133. The molecule has 0 fully saturated rings. The zero-order valence-electron chi connectivity index (χ0n) is 10.7. The zero-order valence-corrected chi connectivity index (χ0v) is 11.5. The Morgan fingerprint density at radius 2 is 1.74 bits per heavy atom. The van der Waals surface area contributed by atoms with Crippen molar-refractivity contribution >= 4 is 28.9 Å². The monoisotopic (exact) mass is 275 g/mol. The highest BCUT2D eigenvalue weighted by Crippen LogP contribution is 2.29. The van der Waals surface area contributed by atoms with Gasteiger partial charge in [-0.25, -0.2) is 4.79 Å². The van der Waals surface area contributed by atoms with Gasteiger partial charge in [0.2, 0.25) is 0 Å². The maximum absolute atomic E-state index is 11.2. The van der Waals surface area contributed by atoms with Crippen LogP contribution in [-0.4, -0.2) is 11.1 Å². The topological polar surface area (TPSA) is 49.3 Å². The van der Waals surface area contributed by atoms with Crippen molar-refractivity contribution in [3.8, 4) is 0 Å². The van der Waals surface area contributed by atoms with Crippen molar-refractivity contribution in [2.24, 2.45) is 0 Å². The van der Waals surface area contributed by atoms with Crippen LogP contribution in [0, 0.1) is 13.8 Å². The maximum Gasteiger partial charge on any atom is 0.337 e.